The van der Waals surface area contributed by atoms with Crippen molar-refractivity contribution in [1.29, 1.82) is 0 Å². The van der Waals surface area contributed by atoms with Crippen molar-refractivity contribution in [2.24, 2.45) is 0 Å². The van der Waals surface area contributed by atoms with E-state index in [9.17, 15) is 13.6 Å². The van der Waals surface area contributed by atoms with Crippen molar-refractivity contribution in [1.82, 2.24) is 14.8 Å². The number of hydrogen-bond donors (Lipinski definition) is 1. The van der Waals surface area contributed by atoms with Crippen LogP contribution in [0.2, 0.25) is 0 Å². The van der Waals surface area contributed by atoms with Crippen LogP contribution in [-0.2, 0) is 6.54 Å². The third kappa shape index (κ3) is 2.27. The molecule has 88 valence electrons. The Morgan fingerprint density at radius 2 is 2.00 bits per heavy atom. The van der Waals surface area contributed by atoms with Gasteiger partial charge in [0.1, 0.15) is 18.0 Å². The number of halogens is 2. The molecule has 0 unspecified atom stereocenters. The van der Waals surface area contributed by atoms with Gasteiger partial charge in [-0.05, 0) is 12.1 Å². The summed E-state index contributed by atoms with van der Waals surface area (Å²) in [6.07, 6.45) is 1.11. The number of carboxylic acids is 1. The van der Waals surface area contributed by atoms with Gasteiger partial charge in [0.05, 0.1) is 6.54 Å². The fourth-order valence-corrected chi connectivity index (χ4v) is 1.31. The summed E-state index contributed by atoms with van der Waals surface area (Å²) in [4.78, 5) is 14.0. The van der Waals surface area contributed by atoms with Crippen molar-refractivity contribution in [2.45, 2.75) is 6.54 Å². The minimum atomic E-state index is -1.29. The summed E-state index contributed by atoms with van der Waals surface area (Å²) in [5.41, 5.74) is -0.186. The number of nitrogens with zero attached hydrogens (tertiary/aromatic N) is 3. The van der Waals surface area contributed by atoms with Crippen LogP contribution in [0.4, 0.5) is 8.78 Å². The van der Waals surface area contributed by atoms with Crippen LogP contribution in [0.5, 0.6) is 0 Å². The average Bonchev–Trinajstić information content (AvgIpc) is 2.72. The van der Waals surface area contributed by atoms with Gasteiger partial charge < -0.3 is 5.11 Å². The minimum absolute atomic E-state index is 0.186. The molecule has 0 aliphatic rings. The molecule has 2 rings (SSSR count). The zero-order valence-corrected chi connectivity index (χ0v) is 8.47. The van der Waals surface area contributed by atoms with Crippen molar-refractivity contribution in [3.05, 3.63) is 47.5 Å². The summed E-state index contributed by atoms with van der Waals surface area (Å²) in [6.45, 7) is -0.210. The zero-order chi connectivity index (χ0) is 12.4. The van der Waals surface area contributed by atoms with Crippen molar-refractivity contribution in [3.63, 3.8) is 0 Å². The van der Waals surface area contributed by atoms with E-state index in [2.05, 4.69) is 10.1 Å². The molecule has 0 saturated heterocycles. The highest BCUT2D eigenvalue weighted by Crippen LogP contribution is 2.13. The zero-order valence-electron chi connectivity index (χ0n) is 8.47. The Bertz CT molecular complexity index is 548. The predicted molar refractivity (Wildman–Crippen MR) is 52.4 cm³/mol. The number of carbonyl (C=O) groups is 1. The van der Waals surface area contributed by atoms with Gasteiger partial charge >= 0.3 is 5.97 Å². The maximum Gasteiger partial charge on any atom is 0.375 e. The molecule has 0 saturated carbocycles. The molecule has 0 spiro atoms. The molecule has 0 aliphatic heterocycles. The highest BCUT2D eigenvalue weighted by Gasteiger charge is 2.12. The lowest BCUT2D eigenvalue weighted by atomic mass is 10.2. The topological polar surface area (TPSA) is 68.0 Å². The fraction of sp³-hybridized carbons (Fsp3) is 0.100. The van der Waals surface area contributed by atoms with Gasteiger partial charge in [-0.1, -0.05) is 6.07 Å². The summed E-state index contributed by atoms with van der Waals surface area (Å²) in [5, 5.41) is 12.1. The van der Waals surface area contributed by atoms with Gasteiger partial charge in [0, 0.05) is 5.56 Å². The number of hydrogen-bond acceptors (Lipinski definition) is 3. The molecule has 0 bridgehead atoms. The van der Waals surface area contributed by atoms with E-state index in [0.717, 1.165) is 23.1 Å². The Kier molecular flexibility index (Phi) is 2.82. The van der Waals surface area contributed by atoms with Crippen molar-refractivity contribution in [2.75, 3.05) is 0 Å². The lowest BCUT2D eigenvalue weighted by Gasteiger charge is -2.03. The first kappa shape index (κ1) is 11.2. The Hall–Kier alpha value is -2.31. The molecule has 1 aromatic heterocycles. The highest BCUT2D eigenvalue weighted by atomic mass is 19.1. The number of rotatable bonds is 3. The van der Waals surface area contributed by atoms with Gasteiger partial charge in [0.15, 0.2) is 0 Å². The summed E-state index contributed by atoms with van der Waals surface area (Å²) < 4.78 is 27.6. The van der Waals surface area contributed by atoms with Crippen LogP contribution < -0.4 is 0 Å². The standard InChI is InChI=1S/C10H7F2N3O2/c11-7-2-1-3-8(12)6(7)4-15-5-13-9(14-15)10(16)17/h1-3,5H,4H2,(H,16,17). The van der Waals surface area contributed by atoms with Crippen LogP contribution in [0.15, 0.2) is 24.5 Å². The van der Waals surface area contributed by atoms with Crippen molar-refractivity contribution in [3.8, 4) is 0 Å². The maximum absolute atomic E-state index is 13.3. The fourth-order valence-electron chi connectivity index (χ4n) is 1.31. The third-order valence-corrected chi connectivity index (χ3v) is 2.11. The van der Waals surface area contributed by atoms with Crippen LogP contribution in [0.3, 0.4) is 0 Å². The first-order valence-electron chi connectivity index (χ1n) is 4.63. The van der Waals surface area contributed by atoms with Crippen LogP contribution in [0, 0.1) is 11.6 Å². The minimum Gasteiger partial charge on any atom is -0.475 e. The summed E-state index contributed by atoms with van der Waals surface area (Å²) in [7, 11) is 0. The molecule has 5 nitrogen and oxygen atoms in total. The van der Waals surface area contributed by atoms with Gasteiger partial charge in [-0.15, -0.1) is 5.10 Å². The summed E-state index contributed by atoms with van der Waals surface area (Å²) in [5.74, 6) is -3.13. The SMILES string of the molecule is O=C(O)c1ncn(Cc2c(F)cccc2F)n1. The predicted octanol–water partition coefficient (Wildman–Crippen LogP) is 1.30. The second-order valence-electron chi connectivity index (χ2n) is 3.27. The van der Waals surface area contributed by atoms with Crippen molar-refractivity contribution >= 4 is 5.97 Å². The van der Waals surface area contributed by atoms with Gasteiger partial charge in [-0.3, -0.25) is 0 Å². The van der Waals surface area contributed by atoms with Gasteiger partial charge in [-0.25, -0.2) is 23.2 Å². The Morgan fingerprint density at radius 1 is 1.35 bits per heavy atom. The molecule has 17 heavy (non-hydrogen) atoms. The summed E-state index contributed by atoms with van der Waals surface area (Å²) in [6, 6.07) is 3.49. The van der Waals surface area contributed by atoms with Gasteiger partial charge in [0.25, 0.3) is 5.82 Å². The van der Waals surface area contributed by atoms with Crippen LogP contribution >= 0.6 is 0 Å². The Morgan fingerprint density at radius 3 is 2.53 bits per heavy atom. The molecule has 0 fully saturated rings. The molecular formula is C10H7F2N3O2. The molecule has 7 heteroatoms. The molecule has 0 radical (unpaired) electrons. The van der Waals surface area contributed by atoms with Gasteiger partial charge in [-0.2, -0.15) is 0 Å². The van der Waals surface area contributed by atoms with E-state index in [1.807, 2.05) is 0 Å². The second kappa shape index (κ2) is 4.28. The molecule has 2 aromatic rings. The van der Waals surface area contributed by atoms with E-state index < -0.39 is 23.4 Å². The number of carboxylic acid groups (broad SMARTS) is 1. The molecule has 0 atom stereocenters. The Balaban J connectivity index is 2.28. The van der Waals surface area contributed by atoms with Gasteiger partial charge in [0.2, 0.25) is 0 Å². The number of aromatic nitrogens is 3. The average molecular weight is 239 g/mol. The lowest BCUT2D eigenvalue weighted by Crippen LogP contribution is -2.07. The second-order valence-corrected chi connectivity index (χ2v) is 3.27. The molecule has 1 heterocycles. The molecule has 1 N–H and O–H groups in total. The van der Waals surface area contributed by atoms with Crippen LogP contribution in [0.25, 0.3) is 0 Å². The first-order valence-corrected chi connectivity index (χ1v) is 4.63. The molecule has 0 amide bonds. The normalized spacial score (nSPS) is 10.5. The molecular weight excluding hydrogens is 232 g/mol. The largest absolute Gasteiger partial charge is 0.475 e. The number of benzene rings is 1. The van der Waals surface area contributed by atoms with Crippen molar-refractivity contribution < 1.29 is 18.7 Å². The monoisotopic (exact) mass is 239 g/mol. The first-order chi connectivity index (χ1) is 8.08. The molecule has 1 aromatic carbocycles. The van der Waals surface area contributed by atoms with E-state index in [1.54, 1.807) is 0 Å². The van der Waals surface area contributed by atoms with Crippen LogP contribution in [-0.4, -0.2) is 25.8 Å². The van der Waals surface area contributed by atoms with E-state index in [4.69, 9.17) is 5.11 Å². The summed E-state index contributed by atoms with van der Waals surface area (Å²) >= 11 is 0. The number of aromatic carboxylic acids is 1. The Labute approximate surface area is 94.3 Å². The quantitative estimate of drug-likeness (QED) is 0.876. The third-order valence-electron chi connectivity index (χ3n) is 2.11. The smallest absolute Gasteiger partial charge is 0.375 e. The highest BCUT2D eigenvalue weighted by molar-refractivity contribution is 5.82. The molecule has 0 aliphatic carbocycles. The lowest BCUT2D eigenvalue weighted by molar-refractivity contribution is 0.0683. The van der Waals surface area contributed by atoms with E-state index in [-0.39, 0.29) is 12.1 Å². The maximum atomic E-state index is 13.3. The van der Waals surface area contributed by atoms with E-state index >= 15 is 0 Å². The van der Waals surface area contributed by atoms with E-state index in [1.165, 1.54) is 6.07 Å². The van der Waals surface area contributed by atoms with E-state index in [0.29, 0.717) is 0 Å². The van der Waals surface area contributed by atoms with Crippen LogP contribution in [0.1, 0.15) is 16.2 Å².